The molecule has 0 aliphatic carbocycles. The minimum absolute atomic E-state index is 0.242. The number of carbonyl (C=O) groups is 1. The Kier molecular flexibility index (Phi) is 9.67. The summed E-state index contributed by atoms with van der Waals surface area (Å²) < 4.78 is 0. The molecule has 118 valence electrons. The first-order valence-corrected chi connectivity index (χ1v) is 8.46. The second-order valence-electron chi connectivity index (χ2n) is 5.82. The van der Waals surface area contributed by atoms with Crippen LogP contribution >= 0.6 is 0 Å². The molecule has 4 nitrogen and oxygen atoms in total. The summed E-state index contributed by atoms with van der Waals surface area (Å²) in [4.78, 5) is 14.2. The van der Waals surface area contributed by atoms with E-state index in [2.05, 4.69) is 29.4 Å². The highest BCUT2D eigenvalue weighted by atomic mass is 16.1. The fourth-order valence-corrected chi connectivity index (χ4v) is 2.82. The van der Waals surface area contributed by atoms with Gasteiger partial charge in [0, 0.05) is 13.0 Å². The molecule has 1 aliphatic heterocycles. The number of nitrogens with one attached hydrogen (secondary N) is 2. The Labute approximate surface area is 124 Å². The molecule has 1 aliphatic rings. The van der Waals surface area contributed by atoms with Crippen molar-refractivity contribution >= 4 is 5.91 Å². The summed E-state index contributed by atoms with van der Waals surface area (Å²) in [6.07, 6.45) is 6.51. The van der Waals surface area contributed by atoms with Gasteiger partial charge in [-0.3, -0.25) is 4.79 Å². The number of nitrogens with zero attached hydrogens (tertiary/aromatic N) is 1. The van der Waals surface area contributed by atoms with E-state index in [9.17, 15) is 4.79 Å². The lowest BCUT2D eigenvalue weighted by Crippen LogP contribution is -2.30. The molecule has 1 amide bonds. The molecule has 0 aromatic rings. The van der Waals surface area contributed by atoms with E-state index in [1.807, 2.05) is 0 Å². The summed E-state index contributed by atoms with van der Waals surface area (Å²) >= 11 is 0. The molecule has 0 spiro atoms. The van der Waals surface area contributed by atoms with Crippen LogP contribution in [-0.2, 0) is 4.79 Å². The molecule has 1 fully saturated rings. The van der Waals surface area contributed by atoms with Crippen LogP contribution in [0.3, 0.4) is 0 Å². The third-order valence-corrected chi connectivity index (χ3v) is 4.36. The van der Waals surface area contributed by atoms with E-state index in [0.29, 0.717) is 6.42 Å². The predicted octanol–water partition coefficient (Wildman–Crippen LogP) is 2.00. The van der Waals surface area contributed by atoms with Crippen molar-refractivity contribution in [3.05, 3.63) is 0 Å². The van der Waals surface area contributed by atoms with Crippen LogP contribution in [0, 0.1) is 5.92 Å². The van der Waals surface area contributed by atoms with Gasteiger partial charge in [-0.25, -0.2) is 0 Å². The lowest BCUT2D eigenvalue weighted by atomic mass is 9.93. The van der Waals surface area contributed by atoms with Crippen LogP contribution < -0.4 is 10.6 Å². The van der Waals surface area contributed by atoms with Gasteiger partial charge in [-0.05, 0) is 70.7 Å². The molecule has 0 aromatic carbocycles. The molecule has 0 saturated carbocycles. The van der Waals surface area contributed by atoms with E-state index in [1.54, 1.807) is 0 Å². The van der Waals surface area contributed by atoms with Crippen molar-refractivity contribution in [1.29, 1.82) is 0 Å². The zero-order chi connectivity index (χ0) is 14.6. The first-order valence-electron chi connectivity index (χ1n) is 8.46. The fourth-order valence-electron chi connectivity index (χ4n) is 2.82. The van der Waals surface area contributed by atoms with Crippen molar-refractivity contribution in [2.24, 2.45) is 5.92 Å². The molecular weight excluding hydrogens is 250 g/mol. The number of hydrogen-bond donors (Lipinski definition) is 2. The average molecular weight is 283 g/mol. The first kappa shape index (κ1) is 17.4. The number of amides is 1. The quantitative estimate of drug-likeness (QED) is 0.603. The smallest absolute Gasteiger partial charge is 0.220 e. The van der Waals surface area contributed by atoms with Crippen LogP contribution in [0.15, 0.2) is 0 Å². The average Bonchev–Trinajstić information content (AvgIpc) is 2.50. The van der Waals surface area contributed by atoms with Gasteiger partial charge in [0.25, 0.3) is 0 Å². The lowest BCUT2D eigenvalue weighted by Gasteiger charge is -2.22. The molecule has 4 heteroatoms. The maximum absolute atomic E-state index is 11.8. The second kappa shape index (κ2) is 11.1. The van der Waals surface area contributed by atoms with Gasteiger partial charge in [0.1, 0.15) is 0 Å². The van der Waals surface area contributed by atoms with Gasteiger partial charge in [0.15, 0.2) is 0 Å². The third kappa shape index (κ3) is 7.85. The zero-order valence-corrected chi connectivity index (χ0v) is 13.4. The number of carbonyl (C=O) groups excluding carboxylic acids is 1. The molecule has 1 heterocycles. The van der Waals surface area contributed by atoms with Gasteiger partial charge in [-0.2, -0.15) is 0 Å². The first-order chi connectivity index (χ1) is 9.76. The monoisotopic (exact) mass is 283 g/mol. The van der Waals surface area contributed by atoms with Crippen LogP contribution in [0.5, 0.6) is 0 Å². The summed E-state index contributed by atoms with van der Waals surface area (Å²) in [5.41, 5.74) is 0. The van der Waals surface area contributed by atoms with E-state index >= 15 is 0 Å². The van der Waals surface area contributed by atoms with Crippen LogP contribution in [-0.4, -0.2) is 50.1 Å². The summed E-state index contributed by atoms with van der Waals surface area (Å²) in [6, 6.07) is 0. The molecule has 2 N–H and O–H groups in total. The van der Waals surface area contributed by atoms with E-state index in [-0.39, 0.29) is 5.91 Å². The van der Waals surface area contributed by atoms with Gasteiger partial charge < -0.3 is 15.5 Å². The van der Waals surface area contributed by atoms with E-state index in [1.165, 1.54) is 19.3 Å². The summed E-state index contributed by atoms with van der Waals surface area (Å²) in [7, 11) is 0. The Hall–Kier alpha value is -0.610. The maximum atomic E-state index is 11.8. The molecule has 1 rings (SSSR count). The van der Waals surface area contributed by atoms with Crippen molar-refractivity contribution in [3.63, 3.8) is 0 Å². The molecule has 1 saturated heterocycles. The summed E-state index contributed by atoms with van der Waals surface area (Å²) in [5.74, 6) is 0.996. The van der Waals surface area contributed by atoms with E-state index in [0.717, 1.165) is 58.0 Å². The summed E-state index contributed by atoms with van der Waals surface area (Å²) in [5, 5.41) is 6.42. The predicted molar refractivity (Wildman–Crippen MR) is 84.9 cm³/mol. The van der Waals surface area contributed by atoms with Gasteiger partial charge in [0.05, 0.1) is 0 Å². The number of hydrogen-bond acceptors (Lipinski definition) is 3. The Bertz CT molecular complexity index is 248. The van der Waals surface area contributed by atoms with Crippen molar-refractivity contribution in [2.45, 2.75) is 52.4 Å². The highest BCUT2D eigenvalue weighted by molar-refractivity contribution is 5.75. The van der Waals surface area contributed by atoms with Crippen molar-refractivity contribution in [1.82, 2.24) is 15.5 Å². The van der Waals surface area contributed by atoms with Crippen LogP contribution in [0.1, 0.15) is 52.4 Å². The number of rotatable bonds is 10. The van der Waals surface area contributed by atoms with Crippen LogP contribution in [0.25, 0.3) is 0 Å². The van der Waals surface area contributed by atoms with Gasteiger partial charge in [-0.1, -0.05) is 13.8 Å². The van der Waals surface area contributed by atoms with E-state index < -0.39 is 0 Å². The number of unbranched alkanes of at least 4 members (excludes halogenated alkanes) is 1. The normalized spacial score (nSPS) is 16.6. The fraction of sp³-hybridized carbons (Fsp3) is 0.938. The molecular formula is C16H33N3O. The van der Waals surface area contributed by atoms with Gasteiger partial charge in [0.2, 0.25) is 5.91 Å². The molecule has 0 bridgehead atoms. The largest absolute Gasteiger partial charge is 0.356 e. The molecule has 0 atom stereocenters. The highest BCUT2D eigenvalue weighted by Crippen LogP contribution is 2.17. The van der Waals surface area contributed by atoms with Crippen LogP contribution in [0.4, 0.5) is 0 Å². The summed E-state index contributed by atoms with van der Waals surface area (Å²) in [6.45, 7) is 10.9. The Balaban J connectivity index is 1.94. The third-order valence-electron chi connectivity index (χ3n) is 4.36. The van der Waals surface area contributed by atoms with Gasteiger partial charge in [-0.15, -0.1) is 0 Å². The lowest BCUT2D eigenvalue weighted by molar-refractivity contribution is -0.121. The highest BCUT2D eigenvalue weighted by Gasteiger charge is 2.14. The SMILES string of the molecule is CCN(CC)CCCCNC(=O)CCC1CCNCC1. The zero-order valence-electron chi connectivity index (χ0n) is 13.4. The van der Waals surface area contributed by atoms with Crippen molar-refractivity contribution < 1.29 is 4.79 Å². The minimum atomic E-state index is 0.242. The van der Waals surface area contributed by atoms with Crippen LogP contribution in [0.2, 0.25) is 0 Å². The molecule has 20 heavy (non-hydrogen) atoms. The van der Waals surface area contributed by atoms with Gasteiger partial charge >= 0.3 is 0 Å². The Morgan fingerprint density at radius 2 is 1.90 bits per heavy atom. The minimum Gasteiger partial charge on any atom is -0.356 e. The maximum Gasteiger partial charge on any atom is 0.220 e. The number of piperidine rings is 1. The molecule has 0 radical (unpaired) electrons. The standard InChI is InChI=1S/C16H33N3O/c1-3-19(4-2)14-6-5-11-18-16(20)8-7-15-9-12-17-13-10-15/h15,17H,3-14H2,1-2H3,(H,18,20). The Morgan fingerprint density at radius 3 is 2.55 bits per heavy atom. The topological polar surface area (TPSA) is 44.4 Å². The molecule has 0 unspecified atom stereocenters. The van der Waals surface area contributed by atoms with Crippen molar-refractivity contribution in [2.75, 3.05) is 39.3 Å². The van der Waals surface area contributed by atoms with Crippen molar-refractivity contribution in [3.8, 4) is 0 Å². The van der Waals surface area contributed by atoms with E-state index in [4.69, 9.17) is 0 Å². The second-order valence-corrected chi connectivity index (χ2v) is 5.82. The Morgan fingerprint density at radius 1 is 1.20 bits per heavy atom. The molecule has 0 aromatic heterocycles.